The van der Waals surface area contributed by atoms with Gasteiger partial charge in [0, 0.05) is 18.9 Å². The van der Waals surface area contributed by atoms with E-state index in [2.05, 4.69) is 0 Å². The molecule has 5 nitrogen and oxygen atoms in total. The van der Waals surface area contributed by atoms with Crippen molar-refractivity contribution in [3.8, 4) is 11.5 Å². The van der Waals surface area contributed by atoms with Gasteiger partial charge in [0.05, 0.1) is 19.8 Å². The molecule has 0 atom stereocenters. The summed E-state index contributed by atoms with van der Waals surface area (Å²) < 4.78 is 15.3. The minimum atomic E-state index is -0.512. The highest BCUT2D eigenvalue weighted by Crippen LogP contribution is 2.28. The van der Waals surface area contributed by atoms with Crippen LogP contribution < -0.4 is 9.47 Å². The van der Waals surface area contributed by atoms with Gasteiger partial charge in [0.2, 0.25) is 0 Å². The van der Waals surface area contributed by atoms with Crippen molar-refractivity contribution in [3.63, 3.8) is 0 Å². The fourth-order valence-electron chi connectivity index (χ4n) is 1.79. The zero-order chi connectivity index (χ0) is 13.8. The molecular weight excluding hydrogens is 248 g/mol. The largest absolute Gasteiger partial charge is 0.493 e. The van der Waals surface area contributed by atoms with Crippen LogP contribution in [0, 0.1) is 0 Å². The van der Waals surface area contributed by atoms with Crippen LogP contribution in [0.15, 0.2) is 30.0 Å². The van der Waals surface area contributed by atoms with Crippen LogP contribution in [0.3, 0.4) is 0 Å². The van der Waals surface area contributed by atoms with Crippen molar-refractivity contribution in [3.05, 3.63) is 35.6 Å². The fourth-order valence-corrected chi connectivity index (χ4v) is 1.79. The lowest BCUT2D eigenvalue weighted by Crippen LogP contribution is -2.05. The van der Waals surface area contributed by atoms with E-state index in [0.717, 1.165) is 0 Å². The van der Waals surface area contributed by atoms with Gasteiger partial charge < -0.3 is 14.2 Å². The van der Waals surface area contributed by atoms with Gasteiger partial charge in [-0.3, -0.25) is 4.79 Å². The number of carbonyl (C=O) groups excluding carboxylic acids is 2. The van der Waals surface area contributed by atoms with Crippen molar-refractivity contribution in [2.24, 2.45) is 0 Å². The van der Waals surface area contributed by atoms with E-state index >= 15 is 0 Å². The SMILES string of the molecule is COc1ccc(C(=O)OC2=CC(=O)CC2)cc1OC. The number of carbonyl (C=O) groups is 2. The molecule has 1 aliphatic carbocycles. The Labute approximate surface area is 110 Å². The van der Waals surface area contributed by atoms with E-state index in [1.165, 1.54) is 20.3 Å². The Morgan fingerprint density at radius 2 is 1.84 bits per heavy atom. The summed E-state index contributed by atoms with van der Waals surface area (Å²) in [5, 5.41) is 0. The lowest BCUT2D eigenvalue weighted by Gasteiger charge is -2.09. The first kappa shape index (κ1) is 13.1. The second-order valence-corrected chi connectivity index (χ2v) is 4.04. The van der Waals surface area contributed by atoms with E-state index in [1.54, 1.807) is 18.2 Å². The monoisotopic (exact) mass is 262 g/mol. The lowest BCUT2D eigenvalue weighted by molar-refractivity contribution is -0.114. The number of esters is 1. The van der Waals surface area contributed by atoms with Gasteiger partial charge in [-0.2, -0.15) is 0 Å². The molecule has 1 aromatic carbocycles. The summed E-state index contributed by atoms with van der Waals surface area (Å²) >= 11 is 0. The molecule has 0 heterocycles. The maximum Gasteiger partial charge on any atom is 0.343 e. The first-order chi connectivity index (χ1) is 9.13. The number of benzene rings is 1. The fraction of sp³-hybridized carbons (Fsp3) is 0.286. The molecule has 0 amide bonds. The van der Waals surface area contributed by atoms with E-state index in [0.29, 0.717) is 35.7 Å². The Bertz CT molecular complexity index is 545. The Kier molecular flexibility index (Phi) is 3.85. The molecule has 19 heavy (non-hydrogen) atoms. The van der Waals surface area contributed by atoms with Crippen LogP contribution in [0.2, 0.25) is 0 Å². The molecule has 0 N–H and O–H groups in total. The third-order valence-electron chi connectivity index (χ3n) is 2.78. The second kappa shape index (κ2) is 5.56. The summed E-state index contributed by atoms with van der Waals surface area (Å²) in [5.41, 5.74) is 0.345. The summed E-state index contributed by atoms with van der Waals surface area (Å²) in [7, 11) is 3.01. The maximum atomic E-state index is 11.9. The molecule has 0 aromatic heterocycles. The number of hydrogen-bond donors (Lipinski definition) is 0. The van der Waals surface area contributed by atoms with Crippen LogP contribution in [0.4, 0.5) is 0 Å². The van der Waals surface area contributed by atoms with Crippen molar-refractivity contribution in [1.82, 2.24) is 0 Å². The number of rotatable bonds is 4. The topological polar surface area (TPSA) is 61.8 Å². The Balaban J connectivity index is 2.15. The average Bonchev–Trinajstić information content (AvgIpc) is 2.83. The minimum absolute atomic E-state index is 0.0184. The molecule has 100 valence electrons. The predicted octanol–water partition coefficient (Wildman–Crippen LogP) is 2.11. The van der Waals surface area contributed by atoms with Crippen molar-refractivity contribution < 1.29 is 23.8 Å². The summed E-state index contributed by atoms with van der Waals surface area (Å²) in [6.07, 6.45) is 2.23. The molecule has 0 unspecified atom stereocenters. The molecule has 0 spiro atoms. The molecule has 5 heteroatoms. The summed E-state index contributed by atoms with van der Waals surface area (Å²) in [5.74, 6) is 0.865. The van der Waals surface area contributed by atoms with Gasteiger partial charge in [-0.05, 0) is 18.2 Å². The quantitative estimate of drug-likeness (QED) is 0.778. The number of hydrogen-bond acceptors (Lipinski definition) is 5. The van der Waals surface area contributed by atoms with Crippen LogP contribution in [0.5, 0.6) is 11.5 Å². The molecule has 0 radical (unpaired) electrons. The van der Waals surface area contributed by atoms with Gasteiger partial charge in [0.15, 0.2) is 17.3 Å². The van der Waals surface area contributed by atoms with Crippen molar-refractivity contribution in [2.45, 2.75) is 12.8 Å². The van der Waals surface area contributed by atoms with Crippen molar-refractivity contribution >= 4 is 11.8 Å². The Hall–Kier alpha value is -2.30. The third kappa shape index (κ3) is 2.93. The predicted molar refractivity (Wildman–Crippen MR) is 67.3 cm³/mol. The standard InChI is InChI=1S/C14H14O5/c1-17-12-6-3-9(7-13(12)18-2)14(16)19-11-5-4-10(15)8-11/h3,6-8H,4-5H2,1-2H3. The van der Waals surface area contributed by atoms with Gasteiger partial charge in [0.1, 0.15) is 5.76 Å². The Morgan fingerprint density at radius 1 is 1.11 bits per heavy atom. The molecule has 1 aromatic rings. The highest BCUT2D eigenvalue weighted by Gasteiger charge is 2.18. The van der Waals surface area contributed by atoms with E-state index < -0.39 is 5.97 Å². The van der Waals surface area contributed by atoms with Gasteiger partial charge in [-0.1, -0.05) is 0 Å². The molecular formula is C14H14O5. The molecule has 0 saturated heterocycles. The average molecular weight is 262 g/mol. The van der Waals surface area contributed by atoms with E-state index in [-0.39, 0.29) is 5.78 Å². The molecule has 0 saturated carbocycles. The van der Waals surface area contributed by atoms with E-state index in [1.807, 2.05) is 0 Å². The van der Waals surface area contributed by atoms with Crippen molar-refractivity contribution in [2.75, 3.05) is 14.2 Å². The van der Waals surface area contributed by atoms with Crippen LogP contribution in [0.25, 0.3) is 0 Å². The zero-order valence-corrected chi connectivity index (χ0v) is 10.8. The third-order valence-corrected chi connectivity index (χ3v) is 2.78. The highest BCUT2D eigenvalue weighted by atomic mass is 16.5. The summed E-state index contributed by atoms with van der Waals surface area (Å²) in [6, 6.07) is 4.75. The minimum Gasteiger partial charge on any atom is -0.493 e. The summed E-state index contributed by atoms with van der Waals surface area (Å²) in [4.78, 5) is 23.0. The first-order valence-electron chi connectivity index (χ1n) is 5.81. The smallest absolute Gasteiger partial charge is 0.343 e. The number of methoxy groups -OCH3 is 2. The van der Waals surface area contributed by atoms with Gasteiger partial charge >= 0.3 is 5.97 Å². The van der Waals surface area contributed by atoms with Crippen LogP contribution in [-0.2, 0) is 9.53 Å². The molecule has 0 fully saturated rings. The van der Waals surface area contributed by atoms with E-state index in [9.17, 15) is 9.59 Å². The molecule has 0 bridgehead atoms. The maximum absolute atomic E-state index is 11.9. The molecule has 0 aliphatic heterocycles. The summed E-state index contributed by atoms with van der Waals surface area (Å²) in [6.45, 7) is 0. The number of ether oxygens (including phenoxy) is 3. The lowest BCUT2D eigenvalue weighted by atomic mass is 10.2. The number of allylic oxidation sites excluding steroid dienone is 2. The van der Waals surface area contributed by atoms with E-state index in [4.69, 9.17) is 14.2 Å². The molecule has 1 aliphatic rings. The van der Waals surface area contributed by atoms with Gasteiger partial charge in [-0.25, -0.2) is 4.79 Å². The Morgan fingerprint density at radius 3 is 2.42 bits per heavy atom. The van der Waals surface area contributed by atoms with Gasteiger partial charge in [-0.15, -0.1) is 0 Å². The molecule has 2 rings (SSSR count). The number of ketones is 1. The highest BCUT2D eigenvalue weighted by molar-refractivity contribution is 5.95. The van der Waals surface area contributed by atoms with Crippen LogP contribution in [0.1, 0.15) is 23.2 Å². The first-order valence-corrected chi connectivity index (χ1v) is 5.81. The zero-order valence-electron chi connectivity index (χ0n) is 10.8. The van der Waals surface area contributed by atoms with Gasteiger partial charge in [0.25, 0.3) is 0 Å². The van der Waals surface area contributed by atoms with Crippen LogP contribution >= 0.6 is 0 Å². The second-order valence-electron chi connectivity index (χ2n) is 4.04. The van der Waals surface area contributed by atoms with Crippen LogP contribution in [-0.4, -0.2) is 26.0 Å². The van der Waals surface area contributed by atoms with Crippen molar-refractivity contribution in [1.29, 1.82) is 0 Å². The normalized spacial score (nSPS) is 14.0.